The van der Waals surface area contributed by atoms with Crippen LogP contribution in [0.3, 0.4) is 0 Å². The van der Waals surface area contributed by atoms with E-state index in [1.165, 1.54) is 94.1 Å². The third-order valence-corrected chi connectivity index (χ3v) is 11.4. The highest BCUT2D eigenvalue weighted by atomic mass is 15.1. The van der Waals surface area contributed by atoms with Crippen LogP contribution in [0.1, 0.15) is 36.1 Å². The first-order valence-corrected chi connectivity index (χ1v) is 18.6. The van der Waals surface area contributed by atoms with Crippen LogP contribution in [0.4, 0.5) is 17.1 Å². The van der Waals surface area contributed by atoms with Crippen molar-refractivity contribution in [3.05, 3.63) is 192 Å². The topological polar surface area (TPSA) is 8.17 Å². The zero-order valence-corrected chi connectivity index (χ0v) is 30.6. The van der Waals surface area contributed by atoms with Gasteiger partial charge in [-0.2, -0.15) is 0 Å². The summed E-state index contributed by atoms with van der Waals surface area (Å²) in [5.41, 5.74) is 17.4. The van der Waals surface area contributed by atoms with Crippen molar-refractivity contribution in [1.82, 2.24) is 4.57 Å². The number of hydrogen-bond acceptors (Lipinski definition) is 1. The predicted molar refractivity (Wildman–Crippen MR) is 225 cm³/mol. The number of fused-ring (bicyclic) bond motifs is 8. The molecular weight excluding hydrogens is 641 g/mol. The van der Waals surface area contributed by atoms with Gasteiger partial charge in [-0.3, -0.25) is 0 Å². The molecule has 0 aliphatic heterocycles. The molecule has 0 unspecified atom stereocenters. The average molecular weight is 681 g/mol. The smallest absolute Gasteiger partial charge is 0.0547 e. The summed E-state index contributed by atoms with van der Waals surface area (Å²) in [5, 5.41) is 5.10. The van der Waals surface area contributed by atoms with Crippen molar-refractivity contribution in [2.24, 2.45) is 0 Å². The maximum Gasteiger partial charge on any atom is 0.0547 e. The van der Waals surface area contributed by atoms with E-state index in [4.69, 9.17) is 0 Å². The highest BCUT2D eigenvalue weighted by Crippen LogP contribution is 2.51. The second kappa shape index (κ2) is 11.8. The van der Waals surface area contributed by atoms with E-state index in [9.17, 15) is 0 Å². The van der Waals surface area contributed by atoms with Gasteiger partial charge in [-0.25, -0.2) is 0 Å². The Balaban J connectivity index is 1.11. The van der Waals surface area contributed by atoms with Gasteiger partial charge in [0.15, 0.2) is 0 Å². The number of hydrogen-bond donors (Lipinski definition) is 0. The van der Waals surface area contributed by atoms with E-state index in [1.807, 2.05) is 0 Å². The van der Waals surface area contributed by atoms with Gasteiger partial charge in [0.25, 0.3) is 0 Å². The Morgan fingerprint density at radius 3 is 1.92 bits per heavy atom. The summed E-state index contributed by atoms with van der Waals surface area (Å²) < 4.78 is 2.40. The van der Waals surface area contributed by atoms with Crippen molar-refractivity contribution in [2.45, 2.75) is 33.1 Å². The number of para-hydroxylation sites is 1. The van der Waals surface area contributed by atoms with Gasteiger partial charge >= 0.3 is 0 Å². The molecule has 254 valence electrons. The minimum atomic E-state index is -0.0758. The van der Waals surface area contributed by atoms with Gasteiger partial charge in [0.2, 0.25) is 0 Å². The van der Waals surface area contributed by atoms with Crippen LogP contribution in [0.15, 0.2) is 170 Å². The van der Waals surface area contributed by atoms with Gasteiger partial charge in [0, 0.05) is 38.9 Å². The predicted octanol–water partition coefficient (Wildman–Crippen LogP) is 14.0. The molecule has 1 aliphatic rings. The summed E-state index contributed by atoms with van der Waals surface area (Å²) in [5.74, 6) is 0. The van der Waals surface area contributed by atoms with Crippen molar-refractivity contribution in [1.29, 1.82) is 0 Å². The van der Waals surface area contributed by atoms with Crippen LogP contribution in [0.5, 0.6) is 0 Å². The maximum absolute atomic E-state index is 2.42. The van der Waals surface area contributed by atoms with Gasteiger partial charge in [0.05, 0.1) is 11.0 Å². The highest BCUT2D eigenvalue weighted by molar-refractivity contribution is 6.21. The van der Waals surface area contributed by atoms with E-state index in [0.29, 0.717) is 0 Å². The molecule has 1 aliphatic carbocycles. The normalized spacial score (nSPS) is 13.1. The van der Waals surface area contributed by atoms with Crippen molar-refractivity contribution >= 4 is 49.6 Å². The summed E-state index contributed by atoms with van der Waals surface area (Å²) in [7, 11) is 0. The van der Waals surface area contributed by atoms with E-state index in [0.717, 1.165) is 5.69 Å². The summed E-state index contributed by atoms with van der Waals surface area (Å²) in [6.45, 7) is 9.09. The molecule has 0 amide bonds. The Morgan fingerprint density at radius 1 is 0.453 bits per heavy atom. The number of aromatic nitrogens is 1. The highest BCUT2D eigenvalue weighted by Gasteiger charge is 2.35. The second-order valence-corrected chi connectivity index (χ2v) is 15.2. The zero-order valence-electron chi connectivity index (χ0n) is 30.6. The Bertz CT molecular complexity index is 2850. The van der Waals surface area contributed by atoms with Crippen LogP contribution in [0, 0.1) is 13.8 Å². The summed E-state index contributed by atoms with van der Waals surface area (Å²) in [4.78, 5) is 2.42. The fourth-order valence-corrected chi connectivity index (χ4v) is 8.99. The Hall–Kier alpha value is -6.38. The Morgan fingerprint density at radius 2 is 1.11 bits per heavy atom. The van der Waals surface area contributed by atoms with Crippen molar-refractivity contribution in [3.8, 4) is 27.9 Å². The molecule has 8 aromatic carbocycles. The quantitative estimate of drug-likeness (QED) is 0.176. The monoisotopic (exact) mass is 680 g/mol. The van der Waals surface area contributed by atoms with Crippen molar-refractivity contribution < 1.29 is 0 Å². The molecule has 0 saturated heterocycles. The lowest BCUT2D eigenvalue weighted by molar-refractivity contribution is 0.660. The SMILES string of the molecule is Cc1cc(C)cc(N(c2ccc(-c3ccc4c(c3)c3c5ccccc5ccc3n4-c3ccccc3)cc2)c2ccc3c(c2)C(C)(C)c2ccccc2-3)c1. The maximum atomic E-state index is 2.42. The lowest BCUT2D eigenvalue weighted by atomic mass is 9.82. The van der Waals surface area contributed by atoms with E-state index >= 15 is 0 Å². The molecule has 0 fully saturated rings. The lowest BCUT2D eigenvalue weighted by Crippen LogP contribution is -2.16. The molecule has 1 aromatic heterocycles. The van der Waals surface area contributed by atoms with E-state index in [1.54, 1.807) is 0 Å². The molecule has 1 heterocycles. The Labute approximate surface area is 311 Å². The summed E-state index contributed by atoms with van der Waals surface area (Å²) in [6.07, 6.45) is 0. The molecule has 0 spiro atoms. The molecule has 0 atom stereocenters. The largest absolute Gasteiger partial charge is 0.310 e. The van der Waals surface area contributed by atoms with Crippen molar-refractivity contribution in [2.75, 3.05) is 4.90 Å². The van der Waals surface area contributed by atoms with Crippen LogP contribution in [-0.2, 0) is 5.41 Å². The van der Waals surface area contributed by atoms with Gasteiger partial charge < -0.3 is 9.47 Å². The first-order chi connectivity index (χ1) is 25.8. The van der Waals surface area contributed by atoms with Gasteiger partial charge in [-0.15, -0.1) is 0 Å². The third kappa shape index (κ3) is 4.94. The molecule has 2 nitrogen and oxygen atoms in total. The van der Waals surface area contributed by atoms with Crippen LogP contribution in [0.2, 0.25) is 0 Å². The average Bonchev–Trinajstić information content (AvgIpc) is 3.63. The molecule has 0 radical (unpaired) electrons. The standard InChI is InChI=1S/C51H40N2/c1-33-28-34(2)30-41(29-33)52(40-24-25-44-43-16-10-11-17-46(43)51(3,4)47(44)32-40)39-22-18-35(19-23-39)37-21-26-48-45(31-37)50-42-15-9-8-12-36(42)20-27-49(50)53(48)38-13-6-5-7-14-38/h5-32H,1-4H3. The Kier molecular flexibility index (Phi) is 7.00. The second-order valence-electron chi connectivity index (χ2n) is 15.2. The number of rotatable bonds is 5. The van der Waals surface area contributed by atoms with E-state index < -0.39 is 0 Å². The van der Waals surface area contributed by atoms with Gasteiger partial charge in [-0.05, 0) is 136 Å². The molecule has 0 N–H and O–H groups in total. The van der Waals surface area contributed by atoms with E-state index in [-0.39, 0.29) is 5.41 Å². The van der Waals surface area contributed by atoms with E-state index in [2.05, 4.69) is 207 Å². The molecule has 53 heavy (non-hydrogen) atoms. The van der Waals surface area contributed by atoms with Crippen LogP contribution >= 0.6 is 0 Å². The zero-order chi connectivity index (χ0) is 35.8. The fourth-order valence-electron chi connectivity index (χ4n) is 8.99. The first kappa shape index (κ1) is 31.4. The summed E-state index contributed by atoms with van der Waals surface area (Å²) >= 11 is 0. The van der Waals surface area contributed by atoms with Crippen LogP contribution in [-0.4, -0.2) is 4.57 Å². The molecule has 2 heteroatoms. The number of aryl methyl sites for hydroxylation is 2. The van der Waals surface area contributed by atoms with Crippen LogP contribution in [0.25, 0.3) is 60.5 Å². The summed E-state index contributed by atoms with van der Waals surface area (Å²) in [6, 6.07) is 62.9. The molecule has 9 aromatic rings. The van der Waals surface area contributed by atoms with Gasteiger partial charge in [0.1, 0.15) is 0 Å². The van der Waals surface area contributed by atoms with Gasteiger partial charge in [-0.1, -0.05) is 117 Å². The number of nitrogens with zero attached hydrogens (tertiary/aromatic N) is 2. The molecular formula is C51H40N2. The number of benzene rings is 8. The minimum Gasteiger partial charge on any atom is -0.310 e. The van der Waals surface area contributed by atoms with Crippen LogP contribution < -0.4 is 4.90 Å². The molecule has 0 bridgehead atoms. The molecule has 10 rings (SSSR count). The molecule has 0 saturated carbocycles. The fraction of sp³-hybridized carbons (Fsp3) is 0.0980. The number of anilines is 3. The van der Waals surface area contributed by atoms with Crippen molar-refractivity contribution in [3.63, 3.8) is 0 Å². The lowest BCUT2D eigenvalue weighted by Gasteiger charge is -2.29. The first-order valence-electron chi connectivity index (χ1n) is 18.6. The minimum absolute atomic E-state index is 0.0758. The third-order valence-electron chi connectivity index (χ3n) is 11.4.